The zero-order valence-corrected chi connectivity index (χ0v) is 9.24. The molecule has 0 spiro atoms. The molecule has 4 nitrogen and oxygen atoms in total. The molecule has 2 N–H and O–H groups in total. The Hall–Kier alpha value is -1.28. The van der Waals surface area contributed by atoms with Crippen molar-refractivity contribution in [1.29, 1.82) is 5.26 Å². The molecule has 16 heavy (non-hydrogen) atoms. The average molecular weight is 239 g/mol. The van der Waals surface area contributed by atoms with E-state index in [1.807, 2.05) is 6.07 Å². The highest BCUT2D eigenvalue weighted by Crippen LogP contribution is 2.22. The van der Waals surface area contributed by atoms with E-state index in [9.17, 15) is 5.11 Å². The lowest BCUT2D eigenvalue weighted by atomic mass is 10.1. The van der Waals surface area contributed by atoms with Crippen molar-refractivity contribution in [2.75, 3.05) is 18.5 Å². The fourth-order valence-corrected chi connectivity index (χ4v) is 1.81. The molecule has 0 aromatic heterocycles. The van der Waals surface area contributed by atoms with Crippen LogP contribution in [0.3, 0.4) is 0 Å². The van der Waals surface area contributed by atoms with Gasteiger partial charge in [-0.1, -0.05) is 11.6 Å². The van der Waals surface area contributed by atoms with Crippen molar-refractivity contribution >= 4 is 17.3 Å². The van der Waals surface area contributed by atoms with E-state index in [1.54, 1.807) is 18.2 Å². The second-order valence-corrected chi connectivity index (χ2v) is 4.07. The SMILES string of the molecule is N#Cc1ccc(NC2COCC2O)cc1Cl. The van der Waals surface area contributed by atoms with Crippen LogP contribution in [0.4, 0.5) is 5.69 Å². The summed E-state index contributed by atoms with van der Waals surface area (Å²) >= 11 is 5.90. The number of ether oxygens (including phenoxy) is 1. The Morgan fingerprint density at radius 1 is 1.50 bits per heavy atom. The number of nitrogens with zero attached hydrogens (tertiary/aromatic N) is 1. The number of halogens is 1. The van der Waals surface area contributed by atoms with Gasteiger partial charge in [0.2, 0.25) is 0 Å². The number of nitrogens with one attached hydrogen (secondary N) is 1. The van der Waals surface area contributed by atoms with E-state index >= 15 is 0 Å². The van der Waals surface area contributed by atoms with Crippen LogP contribution in [-0.2, 0) is 4.74 Å². The van der Waals surface area contributed by atoms with Gasteiger partial charge in [-0.15, -0.1) is 0 Å². The first kappa shape index (κ1) is 11.2. The third kappa shape index (κ3) is 2.27. The second kappa shape index (κ2) is 4.71. The Bertz CT molecular complexity index is 430. The zero-order valence-electron chi connectivity index (χ0n) is 8.48. The molecular weight excluding hydrogens is 228 g/mol. The number of anilines is 1. The molecule has 84 valence electrons. The molecule has 2 unspecified atom stereocenters. The van der Waals surface area contributed by atoms with Gasteiger partial charge in [0.15, 0.2) is 0 Å². The summed E-state index contributed by atoms with van der Waals surface area (Å²) in [7, 11) is 0. The van der Waals surface area contributed by atoms with Gasteiger partial charge in [0.25, 0.3) is 0 Å². The van der Waals surface area contributed by atoms with Crippen molar-refractivity contribution in [1.82, 2.24) is 0 Å². The van der Waals surface area contributed by atoms with Crippen molar-refractivity contribution < 1.29 is 9.84 Å². The number of benzene rings is 1. The molecule has 1 aliphatic rings. The van der Waals surface area contributed by atoms with Gasteiger partial charge in [0, 0.05) is 5.69 Å². The summed E-state index contributed by atoms with van der Waals surface area (Å²) < 4.78 is 5.12. The molecule has 1 saturated heterocycles. The van der Waals surface area contributed by atoms with E-state index < -0.39 is 6.10 Å². The average Bonchev–Trinajstić information content (AvgIpc) is 2.65. The van der Waals surface area contributed by atoms with Crippen molar-refractivity contribution in [3.05, 3.63) is 28.8 Å². The first-order valence-corrected chi connectivity index (χ1v) is 5.30. The van der Waals surface area contributed by atoms with Crippen LogP contribution >= 0.6 is 11.6 Å². The molecule has 0 amide bonds. The Balaban J connectivity index is 2.11. The normalized spacial score (nSPS) is 24.1. The molecular formula is C11H11ClN2O2. The zero-order chi connectivity index (χ0) is 11.5. The predicted molar refractivity (Wildman–Crippen MR) is 60.4 cm³/mol. The Labute approximate surface area is 98.4 Å². The minimum absolute atomic E-state index is 0.121. The van der Waals surface area contributed by atoms with E-state index in [1.165, 1.54) is 0 Å². The maximum atomic E-state index is 9.55. The number of aliphatic hydroxyl groups excluding tert-OH is 1. The van der Waals surface area contributed by atoms with Crippen molar-refractivity contribution in [2.24, 2.45) is 0 Å². The molecule has 1 heterocycles. The first-order chi connectivity index (χ1) is 7.70. The molecule has 1 aliphatic heterocycles. The molecule has 0 aliphatic carbocycles. The quantitative estimate of drug-likeness (QED) is 0.817. The second-order valence-electron chi connectivity index (χ2n) is 3.66. The number of hydrogen-bond acceptors (Lipinski definition) is 4. The number of nitriles is 1. The van der Waals surface area contributed by atoms with E-state index in [2.05, 4.69) is 5.32 Å². The lowest BCUT2D eigenvalue weighted by Gasteiger charge is -2.16. The van der Waals surface area contributed by atoms with E-state index in [4.69, 9.17) is 21.6 Å². The molecule has 2 rings (SSSR count). The molecule has 0 radical (unpaired) electrons. The monoisotopic (exact) mass is 238 g/mol. The summed E-state index contributed by atoms with van der Waals surface area (Å²) in [4.78, 5) is 0. The maximum absolute atomic E-state index is 9.55. The summed E-state index contributed by atoms with van der Waals surface area (Å²) in [6.07, 6.45) is -0.505. The molecule has 2 atom stereocenters. The summed E-state index contributed by atoms with van der Waals surface area (Å²) in [5.41, 5.74) is 1.22. The summed E-state index contributed by atoms with van der Waals surface area (Å²) in [5.74, 6) is 0. The van der Waals surface area contributed by atoms with E-state index in [-0.39, 0.29) is 6.04 Å². The van der Waals surface area contributed by atoms with Crippen LogP contribution in [0.5, 0.6) is 0 Å². The van der Waals surface area contributed by atoms with Crippen molar-refractivity contribution in [3.63, 3.8) is 0 Å². The summed E-state index contributed by atoms with van der Waals surface area (Å²) in [6, 6.07) is 6.95. The third-order valence-electron chi connectivity index (χ3n) is 2.49. The molecule has 5 heteroatoms. The van der Waals surface area contributed by atoms with Gasteiger partial charge in [-0.25, -0.2) is 0 Å². The fraction of sp³-hybridized carbons (Fsp3) is 0.364. The fourth-order valence-electron chi connectivity index (χ4n) is 1.59. The van der Waals surface area contributed by atoms with Gasteiger partial charge < -0.3 is 15.2 Å². The van der Waals surface area contributed by atoms with Crippen LogP contribution in [-0.4, -0.2) is 30.5 Å². The summed E-state index contributed by atoms with van der Waals surface area (Å²) in [5, 5.41) is 21.8. The van der Waals surface area contributed by atoms with Crippen molar-refractivity contribution in [2.45, 2.75) is 12.1 Å². The Morgan fingerprint density at radius 2 is 2.31 bits per heavy atom. The maximum Gasteiger partial charge on any atom is 0.101 e. The predicted octanol–water partition coefficient (Wildman–Crippen LogP) is 1.38. The van der Waals surface area contributed by atoms with Gasteiger partial charge in [0.1, 0.15) is 6.07 Å². The summed E-state index contributed by atoms with van der Waals surface area (Å²) in [6.45, 7) is 0.820. The lowest BCUT2D eigenvalue weighted by Crippen LogP contribution is -2.31. The standard InChI is InChI=1S/C11H11ClN2O2/c12-9-3-8(2-1-7(9)4-13)14-10-5-16-6-11(10)15/h1-3,10-11,14-15H,5-6H2. The van der Waals surface area contributed by atoms with Crippen LogP contribution in [0.2, 0.25) is 5.02 Å². The van der Waals surface area contributed by atoms with Gasteiger partial charge in [-0.3, -0.25) is 0 Å². The highest BCUT2D eigenvalue weighted by molar-refractivity contribution is 6.32. The minimum atomic E-state index is -0.505. The first-order valence-electron chi connectivity index (χ1n) is 4.92. The van der Waals surface area contributed by atoms with E-state index in [0.29, 0.717) is 23.8 Å². The molecule has 1 aromatic carbocycles. The number of hydrogen-bond donors (Lipinski definition) is 2. The smallest absolute Gasteiger partial charge is 0.101 e. The van der Waals surface area contributed by atoms with Gasteiger partial charge in [-0.05, 0) is 18.2 Å². The lowest BCUT2D eigenvalue weighted by molar-refractivity contribution is 0.125. The number of rotatable bonds is 2. The van der Waals surface area contributed by atoms with Crippen LogP contribution < -0.4 is 5.32 Å². The molecule has 1 fully saturated rings. The van der Waals surface area contributed by atoms with Gasteiger partial charge >= 0.3 is 0 Å². The topological polar surface area (TPSA) is 65.3 Å². The largest absolute Gasteiger partial charge is 0.388 e. The van der Waals surface area contributed by atoms with Crippen LogP contribution in [0.25, 0.3) is 0 Å². The highest BCUT2D eigenvalue weighted by atomic mass is 35.5. The minimum Gasteiger partial charge on any atom is -0.388 e. The van der Waals surface area contributed by atoms with Gasteiger partial charge in [0.05, 0.1) is 35.9 Å². The third-order valence-corrected chi connectivity index (χ3v) is 2.80. The van der Waals surface area contributed by atoms with Crippen LogP contribution in [0, 0.1) is 11.3 Å². The number of aliphatic hydroxyl groups is 1. The van der Waals surface area contributed by atoms with Crippen LogP contribution in [0.1, 0.15) is 5.56 Å². The van der Waals surface area contributed by atoms with E-state index in [0.717, 1.165) is 5.69 Å². The Kier molecular flexibility index (Phi) is 3.30. The van der Waals surface area contributed by atoms with Crippen LogP contribution in [0.15, 0.2) is 18.2 Å². The Morgan fingerprint density at radius 3 is 2.88 bits per heavy atom. The molecule has 1 aromatic rings. The van der Waals surface area contributed by atoms with Gasteiger partial charge in [-0.2, -0.15) is 5.26 Å². The molecule has 0 bridgehead atoms. The van der Waals surface area contributed by atoms with Crippen molar-refractivity contribution in [3.8, 4) is 6.07 Å². The highest BCUT2D eigenvalue weighted by Gasteiger charge is 2.25. The molecule has 0 saturated carbocycles.